The third kappa shape index (κ3) is 7.21. The van der Waals surface area contributed by atoms with Crippen LogP contribution < -0.4 is 16.4 Å². The average Bonchev–Trinajstić information content (AvgIpc) is 3.53. The van der Waals surface area contributed by atoms with Crippen molar-refractivity contribution in [2.75, 3.05) is 12.3 Å². The molecule has 4 unspecified atom stereocenters. The molecule has 2 fully saturated rings. The normalized spacial score (nSPS) is 21.8. The van der Waals surface area contributed by atoms with Gasteiger partial charge in [-0.1, -0.05) is 71.6 Å². The monoisotopic (exact) mass is 586 g/mol. The Balaban J connectivity index is 1.43. The summed E-state index contributed by atoms with van der Waals surface area (Å²) in [4.78, 5) is 41.9. The van der Waals surface area contributed by atoms with Crippen molar-refractivity contribution in [1.29, 1.82) is 0 Å². The van der Waals surface area contributed by atoms with Gasteiger partial charge in [0.1, 0.15) is 12.1 Å². The van der Waals surface area contributed by atoms with Gasteiger partial charge in [0.15, 0.2) is 6.29 Å². The Bertz CT molecular complexity index is 1270. The molecule has 2 aliphatic heterocycles. The van der Waals surface area contributed by atoms with Gasteiger partial charge in [-0.3, -0.25) is 14.4 Å². The van der Waals surface area contributed by atoms with E-state index in [0.717, 1.165) is 5.56 Å². The number of likely N-dealkylation sites (tertiary alicyclic amines) is 1. The summed E-state index contributed by atoms with van der Waals surface area (Å²) in [6.07, 6.45) is 0.958. The quantitative estimate of drug-likeness (QED) is 0.320. The molecular formula is C29H36ClN4O5P. The van der Waals surface area contributed by atoms with Crippen LogP contribution in [0.1, 0.15) is 56.0 Å². The Kier molecular flexibility index (Phi) is 9.52. The van der Waals surface area contributed by atoms with Crippen molar-refractivity contribution in [2.24, 2.45) is 5.41 Å². The molecule has 2 aliphatic rings. The Morgan fingerprint density at radius 1 is 1.20 bits per heavy atom. The summed E-state index contributed by atoms with van der Waals surface area (Å²) in [5, 5.41) is 6.15. The topological polar surface area (TPSA) is 123 Å². The summed E-state index contributed by atoms with van der Waals surface area (Å²) < 4.78 is 11.7. The number of halogens is 1. The lowest BCUT2D eigenvalue weighted by Crippen LogP contribution is -2.58. The molecule has 0 bridgehead atoms. The summed E-state index contributed by atoms with van der Waals surface area (Å²) in [6.45, 7) is 6.35. The van der Waals surface area contributed by atoms with Gasteiger partial charge < -0.3 is 30.7 Å². The molecule has 2 saturated heterocycles. The lowest BCUT2D eigenvalue weighted by Gasteiger charge is -2.35. The molecule has 11 heteroatoms. The molecule has 40 heavy (non-hydrogen) atoms. The van der Waals surface area contributed by atoms with Crippen molar-refractivity contribution in [3.05, 3.63) is 64.7 Å². The van der Waals surface area contributed by atoms with Crippen LogP contribution in [0.3, 0.4) is 0 Å². The minimum atomic E-state index is -0.872. The first-order valence-corrected chi connectivity index (χ1v) is 14.2. The molecular weight excluding hydrogens is 551 g/mol. The van der Waals surface area contributed by atoms with E-state index >= 15 is 0 Å². The minimum Gasteiger partial charge on any atom is -0.398 e. The van der Waals surface area contributed by atoms with Crippen molar-refractivity contribution in [1.82, 2.24) is 15.5 Å². The Labute approximate surface area is 241 Å². The summed E-state index contributed by atoms with van der Waals surface area (Å²) in [5.41, 5.74) is 7.37. The second-order valence-electron chi connectivity index (χ2n) is 11.2. The average molecular weight is 587 g/mol. The smallest absolute Gasteiger partial charge is 0.252 e. The SMILES string of the molecule is CC(C)(C)C(NC(=O)c1ccc(N)c(Cl)c1)C(=O)N1CCCC1C(=O)NC1CC(=P)OC1OCc1ccccc1. The minimum absolute atomic E-state index is 0.258. The molecule has 2 heterocycles. The lowest BCUT2D eigenvalue weighted by atomic mass is 9.85. The highest BCUT2D eigenvalue weighted by Crippen LogP contribution is 2.28. The van der Waals surface area contributed by atoms with Crippen LogP contribution in [-0.4, -0.2) is 59.1 Å². The lowest BCUT2D eigenvalue weighted by molar-refractivity contribution is -0.143. The van der Waals surface area contributed by atoms with E-state index in [9.17, 15) is 14.4 Å². The van der Waals surface area contributed by atoms with Gasteiger partial charge in [-0.25, -0.2) is 0 Å². The molecule has 0 spiro atoms. The number of hydrogen-bond acceptors (Lipinski definition) is 6. The summed E-state index contributed by atoms with van der Waals surface area (Å²) in [7, 11) is 3.44. The number of hydrogen-bond donors (Lipinski definition) is 3. The number of carbonyl (C=O) groups excluding carboxylic acids is 3. The molecule has 9 nitrogen and oxygen atoms in total. The zero-order valence-electron chi connectivity index (χ0n) is 22.9. The van der Waals surface area contributed by atoms with Crippen molar-refractivity contribution in [3.8, 4) is 0 Å². The fourth-order valence-corrected chi connectivity index (χ4v) is 5.38. The number of ether oxygens (including phenoxy) is 2. The molecule has 0 aliphatic carbocycles. The van der Waals surface area contributed by atoms with Crippen LogP contribution in [0.2, 0.25) is 5.02 Å². The van der Waals surface area contributed by atoms with Crippen LogP contribution in [0, 0.1) is 5.41 Å². The first kappa shape index (κ1) is 30.0. The van der Waals surface area contributed by atoms with E-state index in [4.69, 9.17) is 26.8 Å². The number of nitrogens with zero attached hydrogens (tertiary/aromatic N) is 1. The van der Waals surface area contributed by atoms with Crippen molar-refractivity contribution < 1.29 is 23.9 Å². The molecule has 2 aromatic rings. The van der Waals surface area contributed by atoms with Gasteiger partial charge in [0, 0.05) is 18.5 Å². The molecule has 0 saturated carbocycles. The molecule has 0 radical (unpaired) electrons. The number of nitrogen functional groups attached to an aromatic ring is 1. The first-order chi connectivity index (χ1) is 18.9. The zero-order valence-corrected chi connectivity index (χ0v) is 24.7. The zero-order chi connectivity index (χ0) is 29.0. The maximum absolute atomic E-state index is 13.8. The molecule has 2 aromatic carbocycles. The van der Waals surface area contributed by atoms with Crippen molar-refractivity contribution in [3.63, 3.8) is 0 Å². The fourth-order valence-electron chi connectivity index (χ4n) is 4.87. The number of nitrogens with two attached hydrogens (primary N) is 1. The molecule has 4 atom stereocenters. The maximum Gasteiger partial charge on any atom is 0.252 e. The van der Waals surface area contributed by atoms with Crippen molar-refractivity contribution in [2.45, 2.75) is 71.1 Å². The van der Waals surface area contributed by atoms with Gasteiger partial charge in [-0.2, -0.15) is 0 Å². The van der Waals surface area contributed by atoms with Gasteiger partial charge in [0.2, 0.25) is 11.8 Å². The number of amides is 3. The van der Waals surface area contributed by atoms with Crippen LogP contribution in [0.15, 0.2) is 48.5 Å². The van der Waals surface area contributed by atoms with Gasteiger partial charge in [0.05, 0.1) is 28.8 Å². The molecule has 4 rings (SSSR count). The van der Waals surface area contributed by atoms with Crippen LogP contribution in [0.25, 0.3) is 0 Å². The highest BCUT2D eigenvalue weighted by Gasteiger charge is 2.43. The summed E-state index contributed by atoms with van der Waals surface area (Å²) >= 11 is 6.10. The summed E-state index contributed by atoms with van der Waals surface area (Å²) in [5.74, 6) is -1.04. The third-order valence-corrected chi connectivity index (χ3v) is 7.72. The van der Waals surface area contributed by atoms with Gasteiger partial charge in [-0.05, 0) is 42.0 Å². The number of nitrogens with one attached hydrogen (secondary N) is 2. The van der Waals surface area contributed by atoms with Crippen LogP contribution in [0.4, 0.5) is 5.69 Å². The van der Waals surface area contributed by atoms with Gasteiger partial charge >= 0.3 is 0 Å². The first-order valence-electron chi connectivity index (χ1n) is 13.3. The third-order valence-electron chi connectivity index (χ3n) is 7.07. The summed E-state index contributed by atoms with van der Waals surface area (Å²) in [6, 6.07) is 12.3. The second-order valence-corrected chi connectivity index (χ2v) is 12.2. The molecule has 4 N–H and O–H groups in total. The number of carbonyl (C=O) groups is 3. The van der Waals surface area contributed by atoms with Crippen LogP contribution >= 0.6 is 20.5 Å². The fraction of sp³-hybridized carbons (Fsp3) is 0.448. The Morgan fingerprint density at radius 2 is 1.93 bits per heavy atom. The Morgan fingerprint density at radius 3 is 2.60 bits per heavy atom. The highest BCUT2D eigenvalue weighted by molar-refractivity contribution is 7.20. The van der Waals surface area contributed by atoms with E-state index in [0.29, 0.717) is 49.1 Å². The van der Waals surface area contributed by atoms with Crippen molar-refractivity contribution >= 4 is 49.4 Å². The van der Waals surface area contributed by atoms with E-state index in [-0.39, 0.29) is 16.8 Å². The van der Waals surface area contributed by atoms with Crippen LogP contribution in [-0.2, 0) is 25.7 Å². The van der Waals surface area contributed by atoms with Gasteiger partial charge in [-0.15, -0.1) is 0 Å². The van der Waals surface area contributed by atoms with E-state index in [1.54, 1.807) is 17.0 Å². The Hall–Kier alpha value is -2.97. The highest BCUT2D eigenvalue weighted by atomic mass is 35.5. The van der Waals surface area contributed by atoms with Gasteiger partial charge in [0.25, 0.3) is 5.91 Å². The number of anilines is 1. The molecule has 214 valence electrons. The standard InChI is InChI=1S/C29H36ClN4O5P/c1-29(2,3)24(33-25(35)18-11-12-20(31)19(30)14-18)27(37)34-13-7-10-22(34)26(36)32-21-15-23(40)39-28(21)38-16-17-8-5-4-6-9-17/h4-6,8-9,11-12,14,21-22,24,28,40H,7,10,13,15-16,31H2,1-3H3,(H,32,36)(H,33,35). The van der Waals surface area contributed by atoms with E-state index < -0.39 is 35.7 Å². The van der Waals surface area contributed by atoms with Crippen LogP contribution in [0.5, 0.6) is 0 Å². The second kappa shape index (κ2) is 12.7. The van der Waals surface area contributed by atoms with E-state index in [2.05, 4.69) is 19.5 Å². The largest absolute Gasteiger partial charge is 0.398 e. The number of rotatable bonds is 8. The molecule has 0 aromatic heterocycles. The maximum atomic E-state index is 13.8. The predicted molar refractivity (Wildman–Crippen MR) is 157 cm³/mol. The number of benzene rings is 2. The van der Waals surface area contributed by atoms with E-state index in [1.807, 2.05) is 51.1 Å². The molecule has 3 amide bonds. The predicted octanol–water partition coefficient (Wildman–Crippen LogP) is 3.78. The van der Waals surface area contributed by atoms with E-state index in [1.165, 1.54) is 6.07 Å².